The number of carbonyl (C=O) groups excluding carboxylic acids is 2. The van der Waals surface area contributed by atoms with Crippen molar-refractivity contribution in [2.24, 2.45) is 0 Å². The first kappa shape index (κ1) is 26.1. The van der Waals surface area contributed by atoms with E-state index in [-0.39, 0.29) is 17.0 Å². The van der Waals surface area contributed by atoms with Gasteiger partial charge in [-0.3, -0.25) is 24.6 Å². The summed E-state index contributed by atoms with van der Waals surface area (Å²) in [5, 5.41) is 23.0. The average molecular weight is 544 g/mol. The van der Waals surface area contributed by atoms with Crippen molar-refractivity contribution >= 4 is 49.8 Å². The fourth-order valence-electron chi connectivity index (χ4n) is 4.69. The normalized spacial score (nSPS) is 16.7. The Morgan fingerprint density at radius 2 is 1.87 bits per heavy atom. The van der Waals surface area contributed by atoms with Crippen molar-refractivity contribution in [1.29, 1.82) is 0 Å². The van der Waals surface area contributed by atoms with E-state index in [1.807, 2.05) is 32.9 Å². The molecule has 0 radical (unpaired) electrons. The number of anilines is 1. The number of aliphatic hydroxyl groups is 1. The van der Waals surface area contributed by atoms with Crippen molar-refractivity contribution in [3.8, 4) is 5.75 Å². The van der Waals surface area contributed by atoms with Crippen LogP contribution in [0.1, 0.15) is 41.6 Å². The highest BCUT2D eigenvalue weighted by molar-refractivity contribution is 7.22. The third-order valence-corrected chi connectivity index (χ3v) is 7.47. The molecule has 1 aromatic heterocycles. The lowest BCUT2D eigenvalue weighted by molar-refractivity contribution is -0.384. The number of ether oxygens (including phenoxy) is 1. The van der Waals surface area contributed by atoms with E-state index < -0.39 is 22.7 Å². The van der Waals surface area contributed by atoms with Crippen LogP contribution in [0.25, 0.3) is 16.0 Å². The van der Waals surface area contributed by atoms with Gasteiger partial charge in [0.2, 0.25) is 0 Å². The van der Waals surface area contributed by atoms with Crippen molar-refractivity contribution in [1.82, 2.24) is 4.98 Å². The van der Waals surface area contributed by atoms with E-state index in [0.29, 0.717) is 34.1 Å². The lowest BCUT2D eigenvalue weighted by atomic mass is 9.95. The van der Waals surface area contributed by atoms with E-state index in [9.17, 15) is 24.8 Å². The molecule has 39 heavy (non-hydrogen) atoms. The smallest absolute Gasteiger partial charge is 0.301 e. The number of fused-ring (bicyclic) bond motifs is 1. The van der Waals surface area contributed by atoms with Crippen LogP contribution in [-0.4, -0.2) is 33.3 Å². The fraction of sp³-hybridized carbons (Fsp3) is 0.207. The maximum Gasteiger partial charge on any atom is 0.301 e. The van der Waals surface area contributed by atoms with Gasteiger partial charge in [0.05, 0.1) is 33.4 Å². The molecule has 3 aromatic carbocycles. The van der Waals surface area contributed by atoms with Crippen molar-refractivity contribution in [2.75, 3.05) is 11.5 Å². The number of nitro groups is 1. The summed E-state index contributed by atoms with van der Waals surface area (Å²) in [7, 11) is 0. The Balaban J connectivity index is 1.70. The lowest BCUT2D eigenvalue weighted by Crippen LogP contribution is -2.29. The lowest BCUT2D eigenvalue weighted by Gasteiger charge is -2.23. The molecule has 2 heterocycles. The van der Waals surface area contributed by atoms with E-state index in [4.69, 9.17) is 9.72 Å². The van der Waals surface area contributed by atoms with Crippen molar-refractivity contribution in [3.63, 3.8) is 0 Å². The number of aliphatic hydroxyl groups excluding tert-OH is 1. The zero-order valence-corrected chi connectivity index (χ0v) is 22.3. The van der Waals surface area contributed by atoms with Gasteiger partial charge in [0.1, 0.15) is 11.5 Å². The maximum absolute atomic E-state index is 13.5. The minimum Gasteiger partial charge on any atom is -0.507 e. The van der Waals surface area contributed by atoms with Crippen molar-refractivity contribution in [3.05, 3.63) is 98.6 Å². The summed E-state index contributed by atoms with van der Waals surface area (Å²) in [6.45, 7) is 6.34. The van der Waals surface area contributed by atoms with E-state index in [2.05, 4.69) is 0 Å². The summed E-state index contributed by atoms with van der Waals surface area (Å²) in [4.78, 5) is 43.7. The van der Waals surface area contributed by atoms with E-state index in [1.54, 1.807) is 24.3 Å². The Morgan fingerprint density at radius 3 is 2.56 bits per heavy atom. The number of rotatable bonds is 7. The maximum atomic E-state index is 13.5. The van der Waals surface area contributed by atoms with Gasteiger partial charge in [-0.2, -0.15) is 0 Å². The molecule has 4 aromatic rings. The number of Topliss-reactive ketones (excluding diaryl/α,β-unsaturated/α-hetero) is 1. The van der Waals surface area contributed by atoms with Gasteiger partial charge in [0.15, 0.2) is 5.13 Å². The van der Waals surface area contributed by atoms with Crippen LogP contribution in [0.4, 0.5) is 10.8 Å². The number of nitrogens with zero attached hydrogens (tertiary/aromatic N) is 3. The monoisotopic (exact) mass is 543 g/mol. The molecule has 0 aliphatic carbocycles. The molecule has 1 atom stereocenters. The summed E-state index contributed by atoms with van der Waals surface area (Å²) < 4.78 is 6.53. The molecule has 9 nitrogen and oxygen atoms in total. The SMILES string of the molecule is CCCOc1cccc(/C(O)=C2\C(=O)C(=O)N(c3nc4c(C)cc(C)cc4s3)C2c2ccc([N+](=O)[O-])cc2)c1. The molecule has 1 aliphatic heterocycles. The van der Waals surface area contributed by atoms with E-state index >= 15 is 0 Å². The van der Waals surface area contributed by atoms with Gasteiger partial charge in [0, 0.05) is 17.7 Å². The molecule has 198 valence electrons. The second kappa shape index (κ2) is 10.3. The first-order valence-corrected chi connectivity index (χ1v) is 13.2. The van der Waals surface area contributed by atoms with Crippen LogP contribution >= 0.6 is 11.3 Å². The molecule has 1 N–H and O–H groups in total. The highest BCUT2D eigenvalue weighted by Crippen LogP contribution is 2.45. The number of thiazole rings is 1. The summed E-state index contributed by atoms with van der Waals surface area (Å²) in [5.74, 6) is -1.57. The van der Waals surface area contributed by atoms with Gasteiger partial charge in [-0.25, -0.2) is 4.98 Å². The molecule has 0 bridgehead atoms. The zero-order chi connectivity index (χ0) is 27.8. The van der Waals surface area contributed by atoms with Crippen LogP contribution in [0, 0.1) is 24.0 Å². The van der Waals surface area contributed by atoms with Gasteiger partial charge < -0.3 is 9.84 Å². The molecule has 5 rings (SSSR count). The minimum absolute atomic E-state index is 0.131. The predicted molar refractivity (Wildman–Crippen MR) is 149 cm³/mol. The van der Waals surface area contributed by atoms with Crippen molar-refractivity contribution in [2.45, 2.75) is 33.2 Å². The number of non-ortho nitro benzene ring substituents is 1. The van der Waals surface area contributed by atoms with Crippen molar-refractivity contribution < 1.29 is 24.4 Å². The third kappa shape index (κ3) is 4.74. The predicted octanol–water partition coefficient (Wildman–Crippen LogP) is 6.24. The van der Waals surface area contributed by atoms with Crippen LogP contribution < -0.4 is 9.64 Å². The number of aromatic nitrogens is 1. The summed E-state index contributed by atoms with van der Waals surface area (Å²) in [6.07, 6.45) is 0.794. The topological polar surface area (TPSA) is 123 Å². The fourth-order valence-corrected chi connectivity index (χ4v) is 5.86. The number of carbonyl (C=O) groups is 2. The zero-order valence-electron chi connectivity index (χ0n) is 21.5. The molecule has 1 unspecified atom stereocenters. The van der Waals surface area contributed by atoms with Crippen LogP contribution in [0.5, 0.6) is 5.75 Å². The molecule has 0 saturated carbocycles. The van der Waals surface area contributed by atoms with Gasteiger partial charge in [0.25, 0.3) is 11.5 Å². The highest BCUT2D eigenvalue weighted by Gasteiger charge is 2.48. The molecule has 10 heteroatoms. The number of benzene rings is 3. The summed E-state index contributed by atoms with van der Waals surface area (Å²) >= 11 is 1.27. The van der Waals surface area contributed by atoms with Crippen LogP contribution in [0.3, 0.4) is 0 Å². The number of aryl methyl sites for hydroxylation is 2. The number of amides is 1. The Kier molecular flexibility index (Phi) is 6.88. The highest BCUT2D eigenvalue weighted by atomic mass is 32.1. The molecular formula is C29H25N3O6S. The van der Waals surface area contributed by atoms with Crippen LogP contribution in [-0.2, 0) is 9.59 Å². The molecular weight excluding hydrogens is 518 g/mol. The summed E-state index contributed by atoms with van der Waals surface area (Å²) in [5.41, 5.74) is 3.15. The molecule has 1 amide bonds. The van der Waals surface area contributed by atoms with E-state index in [0.717, 1.165) is 22.2 Å². The number of hydrogen-bond acceptors (Lipinski definition) is 8. The molecule has 1 aliphatic rings. The first-order chi connectivity index (χ1) is 18.7. The van der Waals surface area contributed by atoms with Crippen LogP contribution in [0.15, 0.2) is 66.2 Å². The number of nitro benzene ring substituents is 1. The molecule has 1 fully saturated rings. The minimum atomic E-state index is -1.05. The second-order valence-corrected chi connectivity index (χ2v) is 10.3. The Morgan fingerprint density at radius 1 is 1.13 bits per heavy atom. The van der Waals surface area contributed by atoms with Gasteiger partial charge in [-0.1, -0.05) is 36.5 Å². The number of hydrogen-bond donors (Lipinski definition) is 1. The second-order valence-electron chi connectivity index (χ2n) is 9.32. The summed E-state index contributed by atoms with van der Waals surface area (Å²) in [6, 6.07) is 15.1. The van der Waals surface area contributed by atoms with Gasteiger partial charge in [-0.15, -0.1) is 0 Å². The van der Waals surface area contributed by atoms with Crippen LogP contribution in [0.2, 0.25) is 0 Å². The Bertz CT molecular complexity index is 1660. The largest absolute Gasteiger partial charge is 0.507 e. The number of ketones is 1. The molecule has 0 spiro atoms. The van der Waals surface area contributed by atoms with Gasteiger partial charge >= 0.3 is 5.91 Å². The first-order valence-electron chi connectivity index (χ1n) is 12.4. The Hall–Kier alpha value is -4.57. The van der Waals surface area contributed by atoms with Gasteiger partial charge in [-0.05, 0) is 67.3 Å². The quantitative estimate of drug-likeness (QED) is 0.0963. The molecule has 1 saturated heterocycles. The standard InChI is InChI=1S/C29H25N3O6S/c1-4-12-38-21-7-5-6-19(15-21)26(33)23-25(18-8-10-20(11-9-18)32(36)37)31(28(35)27(23)34)29-30-24-17(3)13-16(2)14-22(24)39-29/h5-11,13-15,25,33H,4,12H2,1-3H3/b26-23+. The average Bonchev–Trinajstić information content (AvgIpc) is 3.45. The Labute approximate surface area is 228 Å². The van der Waals surface area contributed by atoms with E-state index in [1.165, 1.54) is 40.5 Å². The third-order valence-electron chi connectivity index (χ3n) is 6.47.